The maximum absolute atomic E-state index is 12.0. The zero-order valence-electron chi connectivity index (χ0n) is 21.5. The number of carbonyl (C=O) groups excluding carboxylic acids is 1. The van der Waals surface area contributed by atoms with Crippen molar-refractivity contribution in [2.45, 2.75) is 78.1 Å². The van der Waals surface area contributed by atoms with Gasteiger partial charge in [0.2, 0.25) is 5.91 Å². The number of aryl methyl sites for hydroxylation is 1. The molecule has 0 aromatic heterocycles. The summed E-state index contributed by atoms with van der Waals surface area (Å²) in [6.07, 6.45) is 10.4. The largest absolute Gasteiger partial charge is 0.490 e. The number of ether oxygens (including phenoxy) is 4. The van der Waals surface area contributed by atoms with Gasteiger partial charge in [-0.05, 0) is 43.4 Å². The quantitative estimate of drug-likeness (QED) is 0.241. The molecular weight excluding hydrogens is 418 g/mol. The van der Waals surface area contributed by atoms with Crippen LogP contribution >= 0.6 is 0 Å². The van der Waals surface area contributed by atoms with Crippen molar-refractivity contribution in [2.24, 2.45) is 5.92 Å². The first-order valence-corrected chi connectivity index (χ1v) is 12.8. The molecular formula is C27H47NO5. The molecule has 1 aromatic rings. The number of hydrogen-bond donors (Lipinski definition) is 1. The molecule has 0 radical (unpaired) electrons. The van der Waals surface area contributed by atoms with E-state index in [1.807, 2.05) is 13.0 Å². The van der Waals surface area contributed by atoms with Gasteiger partial charge in [-0.15, -0.1) is 0 Å². The molecule has 1 rings (SSSR count). The van der Waals surface area contributed by atoms with Gasteiger partial charge < -0.3 is 24.3 Å². The van der Waals surface area contributed by atoms with Gasteiger partial charge in [-0.25, -0.2) is 0 Å². The smallest absolute Gasteiger partial charge is 0.222 e. The lowest BCUT2D eigenvalue weighted by Gasteiger charge is -2.14. The number of carbonyl (C=O) groups is 1. The van der Waals surface area contributed by atoms with Crippen LogP contribution in [-0.2, 0) is 20.7 Å². The molecule has 1 atom stereocenters. The molecule has 0 saturated heterocycles. The van der Waals surface area contributed by atoms with Crippen molar-refractivity contribution in [1.29, 1.82) is 0 Å². The zero-order chi connectivity index (χ0) is 24.2. The maximum Gasteiger partial charge on any atom is 0.222 e. The summed E-state index contributed by atoms with van der Waals surface area (Å²) in [6.45, 7) is 7.56. The number of amides is 1. The predicted octanol–water partition coefficient (Wildman–Crippen LogP) is 5.56. The molecule has 0 fully saturated rings. The van der Waals surface area contributed by atoms with E-state index < -0.39 is 0 Å². The maximum atomic E-state index is 12.0. The second-order valence-corrected chi connectivity index (χ2v) is 8.67. The summed E-state index contributed by atoms with van der Waals surface area (Å²) >= 11 is 0. The SMILES string of the molecule is CCCCNC(=O)[C@H](C)CCCCCCc1ccc(OCCCOC)c(OCCCOC)c1. The first-order valence-electron chi connectivity index (χ1n) is 12.8. The number of methoxy groups -OCH3 is 2. The summed E-state index contributed by atoms with van der Waals surface area (Å²) in [6, 6.07) is 6.27. The average Bonchev–Trinajstić information content (AvgIpc) is 2.82. The summed E-state index contributed by atoms with van der Waals surface area (Å²) in [5.74, 6) is 1.91. The van der Waals surface area contributed by atoms with Crippen molar-refractivity contribution in [1.82, 2.24) is 5.32 Å². The molecule has 0 saturated carbocycles. The Bertz CT molecular complexity index is 623. The highest BCUT2D eigenvalue weighted by atomic mass is 16.5. The number of unbranched alkanes of at least 4 members (excludes halogenated alkanes) is 4. The van der Waals surface area contributed by atoms with Gasteiger partial charge in [0.05, 0.1) is 13.2 Å². The summed E-state index contributed by atoms with van der Waals surface area (Å²) < 4.78 is 22.1. The normalized spacial score (nSPS) is 11.9. The molecule has 0 aliphatic heterocycles. The molecule has 1 amide bonds. The van der Waals surface area contributed by atoms with Gasteiger partial charge in [0.15, 0.2) is 11.5 Å². The zero-order valence-corrected chi connectivity index (χ0v) is 21.5. The van der Waals surface area contributed by atoms with Crippen LogP contribution in [0.5, 0.6) is 11.5 Å². The third-order valence-electron chi connectivity index (χ3n) is 5.64. The molecule has 6 heteroatoms. The highest BCUT2D eigenvalue weighted by Crippen LogP contribution is 2.29. The van der Waals surface area contributed by atoms with Crippen LogP contribution in [0.4, 0.5) is 0 Å². The van der Waals surface area contributed by atoms with E-state index in [0.717, 1.165) is 75.8 Å². The van der Waals surface area contributed by atoms with Crippen LogP contribution in [0, 0.1) is 5.92 Å². The van der Waals surface area contributed by atoms with Gasteiger partial charge in [-0.3, -0.25) is 4.79 Å². The van der Waals surface area contributed by atoms with Gasteiger partial charge in [-0.1, -0.05) is 45.6 Å². The van der Waals surface area contributed by atoms with Crippen molar-refractivity contribution in [2.75, 3.05) is 47.2 Å². The van der Waals surface area contributed by atoms with Crippen molar-refractivity contribution in [3.8, 4) is 11.5 Å². The van der Waals surface area contributed by atoms with Crippen LogP contribution < -0.4 is 14.8 Å². The Morgan fingerprint density at radius 1 is 0.848 bits per heavy atom. The summed E-state index contributed by atoms with van der Waals surface area (Å²) in [4.78, 5) is 12.0. The second kappa shape index (κ2) is 19.7. The van der Waals surface area contributed by atoms with Crippen molar-refractivity contribution in [3.05, 3.63) is 23.8 Å². The molecule has 0 heterocycles. The fourth-order valence-electron chi connectivity index (χ4n) is 3.54. The van der Waals surface area contributed by atoms with E-state index in [1.165, 1.54) is 12.0 Å². The first kappa shape index (κ1) is 29.2. The van der Waals surface area contributed by atoms with Crippen LogP contribution in [0.15, 0.2) is 18.2 Å². The molecule has 1 aromatic carbocycles. The number of hydrogen-bond acceptors (Lipinski definition) is 5. The molecule has 0 aliphatic rings. The summed E-state index contributed by atoms with van der Waals surface area (Å²) in [7, 11) is 3.40. The number of nitrogens with one attached hydrogen (secondary N) is 1. The van der Waals surface area contributed by atoms with E-state index in [4.69, 9.17) is 18.9 Å². The molecule has 190 valence electrons. The third kappa shape index (κ3) is 14.2. The minimum Gasteiger partial charge on any atom is -0.490 e. The Morgan fingerprint density at radius 2 is 1.52 bits per heavy atom. The summed E-state index contributed by atoms with van der Waals surface area (Å²) in [5, 5.41) is 3.03. The van der Waals surface area contributed by atoms with Crippen LogP contribution in [0.25, 0.3) is 0 Å². The van der Waals surface area contributed by atoms with E-state index in [1.54, 1.807) is 14.2 Å². The highest BCUT2D eigenvalue weighted by molar-refractivity contribution is 5.78. The topological polar surface area (TPSA) is 66.0 Å². The minimum absolute atomic E-state index is 0.108. The molecule has 0 spiro atoms. The number of benzene rings is 1. The third-order valence-corrected chi connectivity index (χ3v) is 5.64. The predicted molar refractivity (Wildman–Crippen MR) is 134 cm³/mol. The van der Waals surface area contributed by atoms with Gasteiger partial charge in [-0.2, -0.15) is 0 Å². The van der Waals surface area contributed by atoms with Gasteiger partial charge in [0.1, 0.15) is 0 Å². The lowest BCUT2D eigenvalue weighted by molar-refractivity contribution is -0.124. The Labute approximate surface area is 201 Å². The molecule has 1 N–H and O–H groups in total. The standard InChI is InChI=1S/C27H47NO5/c1-5-6-17-28-27(29)23(2)13-9-7-8-10-14-24-15-16-25(32-20-11-18-30-3)26(22-24)33-21-12-19-31-4/h15-16,22-23H,5-14,17-21H2,1-4H3,(H,28,29)/t23-/m1/s1. The monoisotopic (exact) mass is 465 g/mol. The number of rotatable bonds is 21. The Hall–Kier alpha value is -1.79. The van der Waals surface area contributed by atoms with Crippen LogP contribution in [-0.4, -0.2) is 53.1 Å². The molecule has 33 heavy (non-hydrogen) atoms. The van der Waals surface area contributed by atoms with E-state index in [2.05, 4.69) is 24.4 Å². The van der Waals surface area contributed by atoms with Gasteiger partial charge in [0, 0.05) is 52.7 Å². The first-order chi connectivity index (χ1) is 16.1. The summed E-state index contributed by atoms with van der Waals surface area (Å²) in [5.41, 5.74) is 1.27. The van der Waals surface area contributed by atoms with Crippen molar-refractivity contribution < 1.29 is 23.7 Å². The Morgan fingerprint density at radius 3 is 2.18 bits per heavy atom. The van der Waals surface area contributed by atoms with Gasteiger partial charge in [0.25, 0.3) is 0 Å². The highest BCUT2D eigenvalue weighted by Gasteiger charge is 2.11. The fourth-order valence-corrected chi connectivity index (χ4v) is 3.54. The van der Waals surface area contributed by atoms with Crippen molar-refractivity contribution >= 4 is 5.91 Å². The molecule has 6 nitrogen and oxygen atoms in total. The van der Waals surface area contributed by atoms with Crippen LogP contribution in [0.3, 0.4) is 0 Å². The fraction of sp³-hybridized carbons (Fsp3) is 0.741. The van der Waals surface area contributed by atoms with E-state index in [9.17, 15) is 4.79 Å². The van der Waals surface area contributed by atoms with Gasteiger partial charge >= 0.3 is 0 Å². The second-order valence-electron chi connectivity index (χ2n) is 8.67. The van der Waals surface area contributed by atoms with E-state index in [0.29, 0.717) is 26.4 Å². The lowest BCUT2D eigenvalue weighted by Crippen LogP contribution is -2.29. The molecule has 0 unspecified atom stereocenters. The average molecular weight is 466 g/mol. The minimum atomic E-state index is 0.108. The molecule has 0 aliphatic carbocycles. The lowest BCUT2D eigenvalue weighted by atomic mass is 10.00. The van der Waals surface area contributed by atoms with Crippen molar-refractivity contribution in [3.63, 3.8) is 0 Å². The Balaban J connectivity index is 2.38. The van der Waals surface area contributed by atoms with Crippen LogP contribution in [0.1, 0.15) is 77.2 Å². The van der Waals surface area contributed by atoms with Crippen LogP contribution in [0.2, 0.25) is 0 Å². The van der Waals surface area contributed by atoms with E-state index >= 15 is 0 Å². The van der Waals surface area contributed by atoms with E-state index in [-0.39, 0.29) is 11.8 Å². The molecule has 0 bridgehead atoms. The Kier molecular flexibility index (Phi) is 17.4.